The van der Waals surface area contributed by atoms with Crippen LogP contribution in [-0.2, 0) is 19.6 Å². The third kappa shape index (κ3) is 3.06. The first kappa shape index (κ1) is 19.5. The molecule has 1 aliphatic rings. The van der Waals surface area contributed by atoms with E-state index in [1.807, 2.05) is 0 Å². The minimum atomic E-state index is -5.15. The second-order valence-electron chi connectivity index (χ2n) is 5.91. The first-order valence-electron chi connectivity index (χ1n) is 7.36. The number of carbonyl (C=O) groups is 1. The second kappa shape index (κ2) is 6.45. The number of hydrogen-bond donors (Lipinski definition) is 0. The lowest BCUT2D eigenvalue weighted by atomic mass is 9.85. The second-order valence-corrected chi connectivity index (χ2v) is 7.77. The molecule has 1 atom stereocenters. The van der Waals surface area contributed by atoms with Crippen LogP contribution in [0.2, 0.25) is 0 Å². The normalized spacial score (nSPS) is 22.8. The van der Waals surface area contributed by atoms with Gasteiger partial charge in [-0.2, -0.15) is 17.5 Å². The molecule has 25 heavy (non-hydrogen) atoms. The van der Waals surface area contributed by atoms with Crippen molar-refractivity contribution >= 4 is 16.0 Å². The van der Waals surface area contributed by atoms with Gasteiger partial charge in [0.1, 0.15) is 0 Å². The summed E-state index contributed by atoms with van der Waals surface area (Å²) in [4.78, 5) is 11.9. The molecule has 1 aliphatic heterocycles. The predicted octanol–water partition coefficient (Wildman–Crippen LogP) is 2.89. The van der Waals surface area contributed by atoms with Crippen LogP contribution in [0, 0.1) is 0 Å². The Morgan fingerprint density at radius 3 is 2.20 bits per heavy atom. The van der Waals surface area contributed by atoms with E-state index in [0.717, 1.165) is 7.11 Å². The molecule has 138 valence electrons. The standard InChI is InChI=1S/C16H18F3NO4S/c1-11-9-15(14(21)24-3,16(17,18)19)20(10-12(11)2)25(22,23)13-7-5-4-6-8-13/h4-8H,9-10H2,1-3H3. The van der Waals surface area contributed by atoms with Crippen LogP contribution in [0.25, 0.3) is 0 Å². The summed E-state index contributed by atoms with van der Waals surface area (Å²) >= 11 is 0. The fourth-order valence-corrected chi connectivity index (χ4v) is 4.59. The third-order valence-corrected chi connectivity index (χ3v) is 6.27. The van der Waals surface area contributed by atoms with Crippen LogP contribution in [0.5, 0.6) is 0 Å². The van der Waals surface area contributed by atoms with E-state index in [0.29, 0.717) is 11.1 Å². The number of carbonyl (C=O) groups excluding carboxylic acids is 1. The molecular weight excluding hydrogens is 359 g/mol. The van der Waals surface area contributed by atoms with Crippen LogP contribution in [0.15, 0.2) is 46.4 Å². The van der Waals surface area contributed by atoms with E-state index in [9.17, 15) is 26.4 Å². The van der Waals surface area contributed by atoms with E-state index in [1.165, 1.54) is 31.2 Å². The molecule has 1 heterocycles. The Bertz CT molecular complexity index is 802. The zero-order chi connectivity index (χ0) is 19.0. The molecule has 5 nitrogen and oxygen atoms in total. The Morgan fingerprint density at radius 2 is 1.72 bits per heavy atom. The van der Waals surface area contributed by atoms with Crippen LogP contribution in [0.1, 0.15) is 20.3 Å². The number of nitrogens with zero attached hydrogens (tertiary/aromatic N) is 1. The summed E-state index contributed by atoms with van der Waals surface area (Å²) in [7, 11) is -3.78. The van der Waals surface area contributed by atoms with Crippen LogP contribution in [0.3, 0.4) is 0 Å². The summed E-state index contributed by atoms with van der Waals surface area (Å²) in [6.45, 7) is 2.45. The van der Waals surface area contributed by atoms with E-state index >= 15 is 0 Å². The molecule has 0 saturated carbocycles. The highest BCUT2D eigenvalue weighted by Gasteiger charge is 2.69. The average Bonchev–Trinajstić information content (AvgIpc) is 2.55. The molecule has 0 bridgehead atoms. The first-order chi connectivity index (χ1) is 11.5. The first-order valence-corrected chi connectivity index (χ1v) is 8.80. The van der Waals surface area contributed by atoms with Gasteiger partial charge in [0.25, 0.3) is 0 Å². The molecule has 0 fully saturated rings. The van der Waals surface area contributed by atoms with Gasteiger partial charge in [-0.25, -0.2) is 13.2 Å². The molecule has 0 saturated heterocycles. The number of hydrogen-bond acceptors (Lipinski definition) is 4. The number of halogens is 3. The topological polar surface area (TPSA) is 63.7 Å². The van der Waals surface area contributed by atoms with Gasteiger partial charge in [0.2, 0.25) is 15.6 Å². The molecule has 0 aliphatic carbocycles. The molecule has 2 rings (SSSR count). The largest absolute Gasteiger partial charge is 0.467 e. The predicted molar refractivity (Wildman–Crippen MR) is 84.1 cm³/mol. The van der Waals surface area contributed by atoms with Crippen molar-refractivity contribution in [2.24, 2.45) is 0 Å². The molecule has 1 aromatic rings. The van der Waals surface area contributed by atoms with E-state index in [1.54, 1.807) is 13.0 Å². The zero-order valence-corrected chi connectivity index (χ0v) is 14.7. The molecule has 0 radical (unpaired) electrons. The van der Waals surface area contributed by atoms with E-state index in [4.69, 9.17) is 0 Å². The SMILES string of the molecule is COC(=O)C1(C(F)(F)F)CC(C)=C(C)CN1S(=O)(=O)c1ccccc1. The van der Waals surface area contributed by atoms with Crippen molar-refractivity contribution in [1.29, 1.82) is 0 Å². The van der Waals surface area contributed by atoms with Gasteiger partial charge < -0.3 is 4.74 Å². The molecular formula is C16H18F3NO4S. The Labute approximate surface area is 144 Å². The molecule has 0 N–H and O–H groups in total. The molecule has 9 heteroatoms. The Kier molecular flexibility index (Phi) is 5.02. The third-order valence-electron chi connectivity index (χ3n) is 4.38. The van der Waals surface area contributed by atoms with Crippen molar-refractivity contribution < 1.29 is 31.1 Å². The van der Waals surface area contributed by atoms with Crippen LogP contribution in [-0.4, -0.2) is 44.1 Å². The average molecular weight is 377 g/mol. The van der Waals surface area contributed by atoms with Crippen LogP contribution in [0.4, 0.5) is 13.2 Å². The van der Waals surface area contributed by atoms with Gasteiger partial charge in [0, 0.05) is 13.0 Å². The number of alkyl halides is 3. The number of esters is 1. The van der Waals surface area contributed by atoms with Crippen molar-refractivity contribution in [2.75, 3.05) is 13.7 Å². The molecule has 1 unspecified atom stereocenters. The number of sulfonamides is 1. The maximum atomic E-state index is 14.0. The van der Waals surface area contributed by atoms with Gasteiger partial charge >= 0.3 is 12.1 Å². The van der Waals surface area contributed by atoms with Crippen molar-refractivity contribution in [3.8, 4) is 0 Å². The highest BCUT2D eigenvalue weighted by Crippen LogP contribution is 2.47. The van der Waals surface area contributed by atoms with Gasteiger partial charge in [0.05, 0.1) is 12.0 Å². The van der Waals surface area contributed by atoms with E-state index in [2.05, 4.69) is 4.74 Å². The van der Waals surface area contributed by atoms with Gasteiger partial charge in [0.15, 0.2) is 0 Å². The lowest BCUT2D eigenvalue weighted by Crippen LogP contribution is -2.67. The van der Waals surface area contributed by atoms with Gasteiger partial charge in [-0.15, -0.1) is 0 Å². The summed E-state index contributed by atoms with van der Waals surface area (Å²) in [5.41, 5.74) is -2.52. The number of methoxy groups -OCH3 is 1. The monoisotopic (exact) mass is 377 g/mol. The number of ether oxygens (including phenoxy) is 1. The summed E-state index contributed by atoms with van der Waals surface area (Å²) in [6.07, 6.45) is -5.95. The molecule has 1 aromatic carbocycles. The number of benzene rings is 1. The van der Waals surface area contributed by atoms with Crippen molar-refractivity contribution in [1.82, 2.24) is 4.31 Å². The minimum Gasteiger partial charge on any atom is -0.467 e. The molecule has 0 aromatic heterocycles. The highest BCUT2D eigenvalue weighted by atomic mass is 32.2. The van der Waals surface area contributed by atoms with Crippen molar-refractivity contribution in [2.45, 2.75) is 36.9 Å². The highest BCUT2D eigenvalue weighted by molar-refractivity contribution is 7.89. The Balaban J connectivity index is 2.77. The van der Waals surface area contributed by atoms with Gasteiger partial charge in [-0.1, -0.05) is 29.3 Å². The lowest BCUT2D eigenvalue weighted by molar-refractivity contribution is -0.228. The van der Waals surface area contributed by atoms with E-state index < -0.39 is 40.7 Å². The van der Waals surface area contributed by atoms with Crippen LogP contribution >= 0.6 is 0 Å². The van der Waals surface area contributed by atoms with Gasteiger partial charge in [-0.3, -0.25) is 0 Å². The fourth-order valence-electron chi connectivity index (χ4n) is 2.82. The Morgan fingerprint density at radius 1 is 1.16 bits per heavy atom. The summed E-state index contributed by atoms with van der Waals surface area (Å²) in [6, 6.07) is 6.72. The van der Waals surface area contributed by atoms with E-state index in [-0.39, 0.29) is 9.20 Å². The fraction of sp³-hybridized carbons (Fsp3) is 0.438. The molecule has 0 amide bonds. The van der Waals surface area contributed by atoms with Crippen LogP contribution < -0.4 is 0 Å². The smallest absolute Gasteiger partial charge is 0.418 e. The van der Waals surface area contributed by atoms with Gasteiger partial charge in [-0.05, 0) is 26.0 Å². The summed E-state index contributed by atoms with van der Waals surface area (Å²) in [5, 5.41) is 0. The summed E-state index contributed by atoms with van der Waals surface area (Å²) < 4.78 is 72.4. The maximum absolute atomic E-state index is 14.0. The Hall–Kier alpha value is -1.87. The molecule has 0 spiro atoms. The number of rotatable bonds is 3. The lowest BCUT2D eigenvalue weighted by Gasteiger charge is -2.44. The minimum absolute atomic E-state index is 0.212. The maximum Gasteiger partial charge on any atom is 0.418 e. The quantitative estimate of drug-likeness (QED) is 0.600. The van der Waals surface area contributed by atoms with Crippen molar-refractivity contribution in [3.63, 3.8) is 0 Å². The summed E-state index contributed by atoms with van der Waals surface area (Å²) in [5.74, 6) is -1.65. The van der Waals surface area contributed by atoms with Crippen molar-refractivity contribution in [3.05, 3.63) is 41.5 Å². The zero-order valence-electron chi connectivity index (χ0n) is 13.9.